The Bertz CT molecular complexity index is 791. The van der Waals surface area contributed by atoms with Gasteiger partial charge >= 0.3 is 0 Å². The molecule has 0 radical (unpaired) electrons. The standard InChI is InChI=1S/C14H10ClN3O2S/c15-8-2-1-3-9(6-8)16-14-18-17-13(21-14)11-5-4-10(19)7-12(11)20/h1-7,19-20H,(H,16,18). The number of aromatic nitrogens is 2. The van der Waals surface area contributed by atoms with E-state index in [4.69, 9.17) is 11.6 Å². The van der Waals surface area contributed by atoms with Crippen molar-refractivity contribution in [3.63, 3.8) is 0 Å². The number of hydrogen-bond donors (Lipinski definition) is 3. The number of phenols is 2. The summed E-state index contributed by atoms with van der Waals surface area (Å²) in [5, 5.41) is 32.0. The van der Waals surface area contributed by atoms with Gasteiger partial charge in [0, 0.05) is 16.8 Å². The molecule has 0 aliphatic rings. The molecule has 5 nitrogen and oxygen atoms in total. The molecule has 0 unspecified atom stereocenters. The lowest BCUT2D eigenvalue weighted by Crippen LogP contribution is -1.88. The van der Waals surface area contributed by atoms with E-state index in [2.05, 4.69) is 15.5 Å². The average Bonchev–Trinajstić information content (AvgIpc) is 2.87. The maximum absolute atomic E-state index is 9.82. The van der Waals surface area contributed by atoms with Gasteiger partial charge in [0.25, 0.3) is 0 Å². The summed E-state index contributed by atoms with van der Waals surface area (Å²) < 4.78 is 0. The summed E-state index contributed by atoms with van der Waals surface area (Å²) in [6.45, 7) is 0. The number of nitrogens with zero attached hydrogens (tertiary/aromatic N) is 2. The van der Waals surface area contributed by atoms with Gasteiger partial charge in [0.15, 0.2) is 5.01 Å². The Labute approximate surface area is 129 Å². The molecule has 2 aromatic carbocycles. The second kappa shape index (κ2) is 5.59. The molecule has 0 atom stereocenters. The van der Waals surface area contributed by atoms with Gasteiger partial charge in [0.2, 0.25) is 5.13 Å². The summed E-state index contributed by atoms with van der Waals surface area (Å²) in [4.78, 5) is 0. The van der Waals surface area contributed by atoms with Crippen molar-refractivity contribution >= 4 is 33.8 Å². The molecule has 0 fully saturated rings. The molecule has 0 aliphatic carbocycles. The van der Waals surface area contributed by atoms with Crippen LogP contribution in [0.1, 0.15) is 0 Å². The van der Waals surface area contributed by atoms with Gasteiger partial charge in [-0.05, 0) is 30.3 Å². The van der Waals surface area contributed by atoms with Crippen LogP contribution in [0.25, 0.3) is 10.6 Å². The Balaban J connectivity index is 1.86. The summed E-state index contributed by atoms with van der Waals surface area (Å²) >= 11 is 7.21. The number of rotatable bonds is 3. The Morgan fingerprint density at radius 3 is 2.67 bits per heavy atom. The first kappa shape index (κ1) is 13.7. The van der Waals surface area contributed by atoms with Gasteiger partial charge < -0.3 is 15.5 Å². The topological polar surface area (TPSA) is 78.3 Å². The summed E-state index contributed by atoms with van der Waals surface area (Å²) in [6, 6.07) is 11.6. The van der Waals surface area contributed by atoms with Crippen LogP contribution in [0.4, 0.5) is 10.8 Å². The van der Waals surface area contributed by atoms with E-state index in [9.17, 15) is 10.2 Å². The fourth-order valence-corrected chi connectivity index (χ4v) is 2.76. The minimum atomic E-state index is -0.0412. The van der Waals surface area contributed by atoms with Crippen LogP contribution in [0, 0.1) is 0 Å². The van der Waals surface area contributed by atoms with Crippen LogP contribution in [0.5, 0.6) is 11.5 Å². The Hall–Kier alpha value is -2.31. The number of benzene rings is 2. The Kier molecular flexibility index (Phi) is 3.64. The molecule has 106 valence electrons. The molecule has 3 rings (SSSR count). The molecule has 21 heavy (non-hydrogen) atoms. The lowest BCUT2D eigenvalue weighted by molar-refractivity contribution is 0.452. The smallest absolute Gasteiger partial charge is 0.210 e. The molecule has 7 heteroatoms. The molecule has 0 saturated heterocycles. The zero-order chi connectivity index (χ0) is 14.8. The van der Waals surface area contributed by atoms with E-state index < -0.39 is 0 Å². The highest BCUT2D eigenvalue weighted by molar-refractivity contribution is 7.18. The van der Waals surface area contributed by atoms with Crippen molar-refractivity contribution in [3.05, 3.63) is 47.5 Å². The third-order valence-corrected chi connectivity index (χ3v) is 3.82. The highest BCUT2D eigenvalue weighted by Crippen LogP contribution is 2.35. The van der Waals surface area contributed by atoms with Gasteiger partial charge in [0.05, 0.1) is 5.56 Å². The number of aromatic hydroxyl groups is 2. The minimum Gasteiger partial charge on any atom is -0.508 e. The van der Waals surface area contributed by atoms with Gasteiger partial charge in [-0.3, -0.25) is 0 Å². The quantitative estimate of drug-likeness (QED) is 0.679. The molecule has 0 saturated carbocycles. The van der Waals surface area contributed by atoms with Gasteiger partial charge in [-0.25, -0.2) is 0 Å². The predicted molar refractivity (Wildman–Crippen MR) is 83.4 cm³/mol. The largest absolute Gasteiger partial charge is 0.508 e. The summed E-state index contributed by atoms with van der Waals surface area (Å²) in [5.74, 6) is -0.0431. The van der Waals surface area contributed by atoms with Crippen molar-refractivity contribution in [1.82, 2.24) is 10.2 Å². The number of halogens is 1. The van der Waals surface area contributed by atoms with Crippen molar-refractivity contribution in [2.75, 3.05) is 5.32 Å². The van der Waals surface area contributed by atoms with Crippen molar-refractivity contribution in [2.45, 2.75) is 0 Å². The molecule has 1 heterocycles. The summed E-state index contributed by atoms with van der Waals surface area (Å²) in [7, 11) is 0. The van der Waals surface area contributed by atoms with Crippen molar-refractivity contribution < 1.29 is 10.2 Å². The highest BCUT2D eigenvalue weighted by atomic mass is 35.5. The summed E-state index contributed by atoms with van der Waals surface area (Å²) in [6.07, 6.45) is 0. The molecule has 3 aromatic rings. The maximum atomic E-state index is 9.82. The van der Waals surface area contributed by atoms with E-state index in [1.54, 1.807) is 18.2 Å². The SMILES string of the molecule is Oc1ccc(-c2nnc(Nc3cccc(Cl)c3)s2)c(O)c1. The van der Waals surface area contributed by atoms with Crippen LogP contribution in [0.15, 0.2) is 42.5 Å². The number of nitrogens with one attached hydrogen (secondary N) is 1. The van der Waals surface area contributed by atoms with Gasteiger partial charge in [-0.1, -0.05) is 29.0 Å². The van der Waals surface area contributed by atoms with Crippen LogP contribution >= 0.6 is 22.9 Å². The molecular weight excluding hydrogens is 310 g/mol. The molecular formula is C14H10ClN3O2S. The third-order valence-electron chi connectivity index (χ3n) is 2.71. The zero-order valence-electron chi connectivity index (χ0n) is 10.6. The maximum Gasteiger partial charge on any atom is 0.210 e. The van der Waals surface area contributed by atoms with Crippen molar-refractivity contribution in [3.8, 4) is 22.1 Å². The second-order valence-corrected chi connectivity index (χ2v) is 5.66. The zero-order valence-corrected chi connectivity index (χ0v) is 12.2. The Morgan fingerprint density at radius 2 is 1.90 bits per heavy atom. The fourth-order valence-electron chi connectivity index (χ4n) is 1.77. The van der Waals surface area contributed by atoms with E-state index in [1.165, 1.54) is 23.5 Å². The number of anilines is 2. The predicted octanol–water partition coefficient (Wildman–Crippen LogP) is 4.01. The summed E-state index contributed by atoms with van der Waals surface area (Å²) in [5.41, 5.74) is 1.32. The molecule has 0 aliphatic heterocycles. The first-order chi connectivity index (χ1) is 10.1. The van der Waals surface area contributed by atoms with Crippen LogP contribution < -0.4 is 5.32 Å². The van der Waals surface area contributed by atoms with Gasteiger partial charge in [-0.15, -0.1) is 10.2 Å². The first-order valence-electron chi connectivity index (χ1n) is 6.00. The van der Waals surface area contributed by atoms with Crippen molar-refractivity contribution in [1.29, 1.82) is 0 Å². The fraction of sp³-hybridized carbons (Fsp3) is 0. The minimum absolute atomic E-state index is 0.00181. The van der Waals surface area contributed by atoms with E-state index in [-0.39, 0.29) is 11.5 Å². The average molecular weight is 320 g/mol. The van der Waals surface area contributed by atoms with Crippen LogP contribution in [0.2, 0.25) is 5.02 Å². The van der Waals surface area contributed by atoms with Crippen LogP contribution in [-0.2, 0) is 0 Å². The second-order valence-electron chi connectivity index (χ2n) is 4.25. The monoisotopic (exact) mass is 319 g/mol. The number of hydrogen-bond acceptors (Lipinski definition) is 6. The van der Waals surface area contributed by atoms with Crippen molar-refractivity contribution in [2.24, 2.45) is 0 Å². The first-order valence-corrected chi connectivity index (χ1v) is 7.20. The molecule has 0 spiro atoms. The normalized spacial score (nSPS) is 10.5. The third kappa shape index (κ3) is 3.07. The lowest BCUT2D eigenvalue weighted by Gasteiger charge is -2.01. The van der Waals surface area contributed by atoms with E-state index >= 15 is 0 Å². The van der Waals surface area contributed by atoms with E-state index in [0.717, 1.165) is 5.69 Å². The van der Waals surface area contributed by atoms with Gasteiger partial charge in [-0.2, -0.15) is 0 Å². The molecule has 3 N–H and O–H groups in total. The molecule has 1 aromatic heterocycles. The van der Waals surface area contributed by atoms with Crippen LogP contribution in [-0.4, -0.2) is 20.4 Å². The Morgan fingerprint density at radius 1 is 1.05 bits per heavy atom. The lowest BCUT2D eigenvalue weighted by atomic mass is 10.2. The van der Waals surface area contributed by atoms with E-state index in [0.29, 0.717) is 20.7 Å². The van der Waals surface area contributed by atoms with Gasteiger partial charge in [0.1, 0.15) is 11.5 Å². The molecule has 0 amide bonds. The number of phenolic OH excluding ortho intramolecular Hbond substituents is 2. The highest BCUT2D eigenvalue weighted by Gasteiger charge is 2.11. The van der Waals surface area contributed by atoms with E-state index in [1.807, 2.05) is 12.1 Å². The van der Waals surface area contributed by atoms with Crippen LogP contribution in [0.3, 0.4) is 0 Å². The molecule has 0 bridgehead atoms.